The minimum atomic E-state index is -3.28. The summed E-state index contributed by atoms with van der Waals surface area (Å²) in [6, 6.07) is 2.15. The highest BCUT2D eigenvalue weighted by atomic mass is 32.2. The van der Waals surface area contributed by atoms with E-state index in [9.17, 15) is 8.42 Å². The van der Waals surface area contributed by atoms with Crippen LogP contribution in [0.2, 0.25) is 0 Å². The smallest absolute Gasteiger partial charge is 0.205 e. The second kappa shape index (κ2) is 4.05. The lowest BCUT2D eigenvalue weighted by Gasteiger charge is -2.27. The highest BCUT2D eigenvalue weighted by molar-refractivity contribution is 7.87. The van der Waals surface area contributed by atoms with Gasteiger partial charge in [-0.25, -0.2) is 4.72 Å². The third-order valence-corrected chi connectivity index (χ3v) is 3.80. The van der Waals surface area contributed by atoms with E-state index in [-0.39, 0.29) is 5.92 Å². The van der Waals surface area contributed by atoms with Crippen molar-refractivity contribution >= 4 is 10.2 Å². The summed E-state index contributed by atoms with van der Waals surface area (Å²) < 4.78 is 26.2. The molecule has 0 aromatic rings. The molecule has 0 amide bonds. The minimum absolute atomic E-state index is 0.0170. The molecule has 1 fully saturated rings. The molecule has 0 aromatic carbocycles. The van der Waals surface area contributed by atoms with Crippen molar-refractivity contribution in [3.8, 4) is 6.07 Å². The molecule has 0 aromatic heterocycles. The van der Waals surface area contributed by atoms with Gasteiger partial charge in [0.15, 0.2) is 0 Å². The number of piperidine rings is 1. The molecule has 1 rings (SSSR count). The average molecular weight is 203 g/mol. The summed E-state index contributed by atoms with van der Waals surface area (Å²) in [7, 11) is -1.88. The Morgan fingerprint density at radius 1 is 1.46 bits per heavy atom. The molecule has 1 aliphatic rings. The Hall–Kier alpha value is -0.640. The summed E-state index contributed by atoms with van der Waals surface area (Å²) in [4.78, 5) is 0. The van der Waals surface area contributed by atoms with Crippen molar-refractivity contribution in [2.45, 2.75) is 12.8 Å². The molecule has 6 heteroatoms. The van der Waals surface area contributed by atoms with Crippen LogP contribution in [0.3, 0.4) is 0 Å². The van der Waals surface area contributed by atoms with Crippen molar-refractivity contribution < 1.29 is 8.42 Å². The zero-order valence-electron chi connectivity index (χ0n) is 7.52. The number of nitriles is 1. The first-order valence-corrected chi connectivity index (χ1v) is 5.62. The first kappa shape index (κ1) is 10.4. The van der Waals surface area contributed by atoms with Crippen LogP contribution in [0.15, 0.2) is 0 Å². The van der Waals surface area contributed by atoms with Crippen LogP contribution in [0.5, 0.6) is 0 Å². The van der Waals surface area contributed by atoms with Crippen molar-refractivity contribution in [2.75, 3.05) is 20.1 Å². The quantitative estimate of drug-likeness (QED) is 0.669. The predicted molar refractivity (Wildman–Crippen MR) is 47.9 cm³/mol. The Kier molecular flexibility index (Phi) is 3.25. The molecule has 0 spiro atoms. The average Bonchev–Trinajstić information content (AvgIpc) is 2.18. The lowest BCUT2D eigenvalue weighted by Crippen LogP contribution is -2.43. The van der Waals surface area contributed by atoms with Crippen molar-refractivity contribution in [2.24, 2.45) is 5.92 Å². The van der Waals surface area contributed by atoms with Crippen LogP contribution in [0.1, 0.15) is 12.8 Å². The van der Waals surface area contributed by atoms with E-state index < -0.39 is 10.2 Å². The SMILES string of the molecule is CNS(=O)(=O)N1CCC(C#N)CC1. The second-order valence-electron chi connectivity index (χ2n) is 3.01. The fourth-order valence-electron chi connectivity index (χ4n) is 1.35. The largest absolute Gasteiger partial charge is 0.279 e. The van der Waals surface area contributed by atoms with E-state index >= 15 is 0 Å². The van der Waals surface area contributed by atoms with Crippen LogP contribution in [0.25, 0.3) is 0 Å². The molecule has 1 saturated heterocycles. The molecule has 0 saturated carbocycles. The van der Waals surface area contributed by atoms with Gasteiger partial charge in [0, 0.05) is 26.1 Å². The van der Waals surface area contributed by atoms with Crippen LogP contribution in [0, 0.1) is 17.2 Å². The summed E-state index contributed by atoms with van der Waals surface area (Å²) in [5.74, 6) is 0.0170. The van der Waals surface area contributed by atoms with Crippen LogP contribution in [0.4, 0.5) is 0 Å². The molecule has 1 heterocycles. The first-order chi connectivity index (χ1) is 6.10. The van der Waals surface area contributed by atoms with Gasteiger partial charge in [-0.2, -0.15) is 18.0 Å². The fraction of sp³-hybridized carbons (Fsp3) is 0.857. The summed E-state index contributed by atoms with van der Waals surface area (Å²) in [5.41, 5.74) is 0. The molecule has 74 valence electrons. The highest BCUT2D eigenvalue weighted by Gasteiger charge is 2.26. The molecule has 0 atom stereocenters. The van der Waals surface area contributed by atoms with Gasteiger partial charge in [-0.15, -0.1) is 0 Å². The zero-order chi connectivity index (χ0) is 9.90. The van der Waals surface area contributed by atoms with Gasteiger partial charge in [-0.05, 0) is 12.8 Å². The fourth-order valence-corrected chi connectivity index (χ4v) is 2.30. The maximum atomic E-state index is 11.3. The van der Waals surface area contributed by atoms with Crippen molar-refractivity contribution in [1.82, 2.24) is 9.03 Å². The van der Waals surface area contributed by atoms with Crippen molar-refractivity contribution in [1.29, 1.82) is 5.26 Å². The van der Waals surface area contributed by atoms with Crippen LogP contribution >= 0.6 is 0 Å². The third-order valence-electron chi connectivity index (χ3n) is 2.23. The topological polar surface area (TPSA) is 73.2 Å². The van der Waals surface area contributed by atoms with Gasteiger partial charge in [0.2, 0.25) is 0 Å². The van der Waals surface area contributed by atoms with E-state index in [1.54, 1.807) is 0 Å². The Labute approximate surface area is 78.5 Å². The van der Waals surface area contributed by atoms with Gasteiger partial charge in [-0.1, -0.05) is 0 Å². The van der Waals surface area contributed by atoms with Gasteiger partial charge in [0.1, 0.15) is 0 Å². The van der Waals surface area contributed by atoms with E-state index in [0.717, 1.165) is 0 Å². The lowest BCUT2D eigenvalue weighted by atomic mass is 10.0. The van der Waals surface area contributed by atoms with E-state index in [2.05, 4.69) is 10.8 Å². The molecule has 0 radical (unpaired) electrons. The van der Waals surface area contributed by atoms with E-state index in [1.807, 2.05) is 0 Å². The lowest BCUT2D eigenvalue weighted by molar-refractivity contribution is 0.307. The summed E-state index contributed by atoms with van der Waals surface area (Å²) in [5, 5.41) is 8.60. The summed E-state index contributed by atoms with van der Waals surface area (Å²) in [6.45, 7) is 0.892. The van der Waals surface area contributed by atoms with Crippen molar-refractivity contribution in [3.05, 3.63) is 0 Å². The molecule has 5 nitrogen and oxygen atoms in total. The molecule has 1 aliphatic heterocycles. The number of rotatable bonds is 2. The highest BCUT2D eigenvalue weighted by Crippen LogP contribution is 2.17. The zero-order valence-corrected chi connectivity index (χ0v) is 8.34. The number of hydrogen-bond acceptors (Lipinski definition) is 3. The van der Waals surface area contributed by atoms with E-state index in [0.29, 0.717) is 25.9 Å². The van der Waals surface area contributed by atoms with Gasteiger partial charge >= 0.3 is 0 Å². The van der Waals surface area contributed by atoms with Crippen LogP contribution in [-0.4, -0.2) is 32.9 Å². The molecule has 0 bridgehead atoms. The Balaban J connectivity index is 2.56. The molecule has 13 heavy (non-hydrogen) atoms. The van der Waals surface area contributed by atoms with Crippen LogP contribution < -0.4 is 4.72 Å². The summed E-state index contributed by atoms with van der Waals surface area (Å²) >= 11 is 0. The Morgan fingerprint density at radius 3 is 2.38 bits per heavy atom. The maximum Gasteiger partial charge on any atom is 0.279 e. The van der Waals surface area contributed by atoms with Crippen molar-refractivity contribution in [3.63, 3.8) is 0 Å². The molecule has 0 unspecified atom stereocenters. The van der Waals surface area contributed by atoms with Gasteiger partial charge in [0.25, 0.3) is 10.2 Å². The molecular formula is C7H13N3O2S. The van der Waals surface area contributed by atoms with E-state index in [1.165, 1.54) is 11.4 Å². The normalized spacial score (nSPS) is 21.2. The molecule has 0 aliphatic carbocycles. The number of nitrogens with one attached hydrogen (secondary N) is 1. The maximum absolute atomic E-state index is 11.3. The van der Waals surface area contributed by atoms with Gasteiger partial charge < -0.3 is 0 Å². The second-order valence-corrected chi connectivity index (χ2v) is 4.89. The first-order valence-electron chi connectivity index (χ1n) is 4.18. The molecule has 1 N–H and O–H groups in total. The number of nitrogens with zero attached hydrogens (tertiary/aromatic N) is 2. The standard InChI is InChI=1S/C7H13N3O2S/c1-9-13(11,12)10-4-2-7(6-8)3-5-10/h7,9H,2-5H2,1H3. The minimum Gasteiger partial charge on any atom is -0.205 e. The van der Waals surface area contributed by atoms with Crippen LogP contribution in [-0.2, 0) is 10.2 Å². The Morgan fingerprint density at radius 2 is 2.00 bits per heavy atom. The molecular weight excluding hydrogens is 190 g/mol. The Bertz CT molecular complexity index is 298. The van der Waals surface area contributed by atoms with Gasteiger partial charge in [-0.3, -0.25) is 0 Å². The predicted octanol–water partition coefficient (Wildman–Crippen LogP) is -0.314. The van der Waals surface area contributed by atoms with E-state index in [4.69, 9.17) is 5.26 Å². The number of hydrogen-bond donors (Lipinski definition) is 1. The monoisotopic (exact) mass is 203 g/mol. The third kappa shape index (κ3) is 2.40. The summed E-state index contributed by atoms with van der Waals surface area (Å²) in [6.07, 6.45) is 1.27. The van der Waals surface area contributed by atoms with Gasteiger partial charge in [0.05, 0.1) is 6.07 Å².